The number of carboxylic acids is 1. The highest BCUT2D eigenvalue weighted by atomic mass is 19.3. The molecule has 0 radical (unpaired) electrons. The Kier molecular flexibility index (Phi) is 3.31. The van der Waals surface area contributed by atoms with E-state index >= 15 is 0 Å². The number of alkyl halides is 2. The summed E-state index contributed by atoms with van der Waals surface area (Å²) in [5.74, 6) is -4.98. The summed E-state index contributed by atoms with van der Waals surface area (Å²) in [7, 11) is 0. The van der Waals surface area contributed by atoms with Crippen LogP contribution in [0.1, 0.15) is 34.1 Å². The smallest absolute Gasteiger partial charge is 0.411 e. The van der Waals surface area contributed by atoms with E-state index in [-0.39, 0.29) is 0 Å². The van der Waals surface area contributed by atoms with Crippen molar-refractivity contribution in [3.63, 3.8) is 0 Å². The molecule has 0 unspecified atom stereocenters. The Balaban J connectivity index is 2.99. The molecule has 7 heteroatoms. The first kappa shape index (κ1) is 14.7. The van der Waals surface area contributed by atoms with Gasteiger partial charge in [0.25, 0.3) is 5.92 Å². The fraction of sp³-hybridized carbons (Fsp3) is 0.818. The molecule has 1 aliphatic rings. The Morgan fingerprint density at radius 2 is 1.83 bits per heavy atom. The topological polar surface area (TPSA) is 69.7 Å². The van der Waals surface area contributed by atoms with E-state index in [1.807, 2.05) is 0 Å². The fourth-order valence-corrected chi connectivity index (χ4v) is 1.83. The molecular weight excluding hydrogens is 248 g/mol. The van der Waals surface area contributed by atoms with E-state index in [1.165, 1.54) is 0 Å². The van der Waals surface area contributed by atoms with Crippen molar-refractivity contribution in [3.05, 3.63) is 0 Å². The summed E-state index contributed by atoms with van der Waals surface area (Å²) in [5, 5.41) is 11.0. The number of nitrogens with zero attached hydrogens (tertiary/aromatic N) is 1. The third-order valence-corrected chi connectivity index (χ3v) is 2.64. The standard InChI is InChI=1S/C11H17F2NO4/c1-9(2,3)18-8(17)14-6-11(12,13)5-10(14,4)7(15)16/h5-6H2,1-4H3,(H,15,16)/p-1/t10-/m0/s1. The van der Waals surface area contributed by atoms with Gasteiger partial charge in [-0.1, -0.05) is 0 Å². The molecule has 0 aromatic rings. The lowest BCUT2D eigenvalue weighted by atomic mass is 9.98. The minimum absolute atomic E-state index is 0.521. The van der Waals surface area contributed by atoms with Gasteiger partial charge in [0.1, 0.15) is 5.60 Å². The van der Waals surface area contributed by atoms with Gasteiger partial charge in [-0.25, -0.2) is 13.6 Å². The Hall–Kier alpha value is -1.40. The minimum atomic E-state index is -3.26. The summed E-state index contributed by atoms with van der Waals surface area (Å²) >= 11 is 0. The zero-order valence-electron chi connectivity index (χ0n) is 10.8. The van der Waals surface area contributed by atoms with Gasteiger partial charge in [0.05, 0.1) is 18.1 Å². The maximum absolute atomic E-state index is 13.3. The van der Waals surface area contributed by atoms with Crippen LogP contribution >= 0.6 is 0 Å². The van der Waals surface area contributed by atoms with Crippen molar-refractivity contribution in [1.82, 2.24) is 4.90 Å². The molecular formula is C11H16F2NO4-. The number of hydrogen-bond donors (Lipinski definition) is 0. The van der Waals surface area contributed by atoms with Gasteiger partial charge in [0.2, 0.25) is 0 Å². The van der Waals surface area contributed by atoms with Gasteiger partial charge >= 0.3 is 6.09 Å². The Morgan fingerprint density at radius 3 is 2.22 bits per heavy atom. The van der Waals surface area contributed by atoms with E-state index in [0.717, 1.165) is 6.92 Å². The molecule has 0 spiro atoms. The molecule has 0 aromatic carbocycles. The lowest BCUT2D eigenvalue weighted by Gasteiger charge is -2.36. The summed E-state index contributed by atoms with van der Waals surface area (Å²) < 4.78 is 31.5. The number of carbonyl (C=O) groups excluding carboxylic acids is 2. The molecule has 0 aromatic heterocycles. The molecule has 1 heterocycles. The van der Waals surface area contributed by atoms with Crippen LogP contribution in [0.5, 0.6) is 0 Å². The van der Waals surface area contributed by atoms with E-state index < -0.39 is 42.1 Å². The average Bonchev–Trinajstić information content (AvgIpc) is 2.34. The first-order valence-corrected chi connectivity index (χ1v) is 5.47. The van der Waals surface area contributed by atoms with Crippen molar-refractivity contribution in [2.24, 2.45) is 0 Å². The van der Waals surface area contributed by atoms with E-state index in [9.17, 15) is 23.5 Å². The first-order chi connectivity index (χ1) is 7.87. The van der Waals surface area contributed by atoms with Crippen LogP contribution in [0.2, 0.25) is 0 Å². The summed E-state index contributed by atoms with van der Waals surface area (Å²) in [5.41, 5.74) is -2.94. The highest BCUT2D eigenvalue weighted by Gasteiger charge is 2.56. The second-order valence-corrected chi connectivity index (χ2v) is 5.66. The first-order valence-electron chi connectivity index (χ1n) is 5.47. The number of ether oxygens (including phenoxy) is 1. The molecule has 0 bridgehead atoms. The van der Waals surface area contributed by atoms with Crippen LogP contribution in [0.3, 0.4) is 0 Å². The largest absolute Gasteiger partial charge is 0.548 e. The van der Waals surface area contributed by atoms with Crippen molar-refractivity contribution in [3.8, 4) is 0 Å². The SMILES string of the molecule is CC(C)(C)OC(=O)N1CC(F)(F)C[C@@]1(C)C(=O)[O-]. The predicted molar refractivity (Wildman–Crippen MR) is 55.9 cm³/mol. The molecule has 0 aliphatic carbocycles. The van der Waals surface area contributed by atoms with Crippen LogP contribution in [0.4, 0.5) is 13.6 Å². The predicted octanol–water partition coefficient (Wildman–Crippen LogP) is 0.771. The third-order valence-electron chi connectivity index (χ3n) is 2.64. The highest BCUT2D eigenvalue weighted by molar-refractivity contribution is 5.83. The number of likely N-dealkylation sites (tertiary alicyclic amines) is 1. The fourth-order valence-electron chi connectivity index (χ4n) is 1.83. The number of carbonyl (C=O) groups is 2. The van der Waals surface area contributed by atoms with Gasteiger partial charge in [-0.05, 0) is 27.7 Å². The molecule has 5 nitrogen and oxygen atoms in total. The van der Waals surface area contributed by atoms with Crippen molar-refractivity contribution < 1.29 is 28.2 Å². The summed E-state index contributed by atoms with van der Waals surface area (Å²) in [6.07, 6.45) is -2.05. The van der Waals surface area contributed by atoms with Crippen molar-refractivity contribution in [2.75, 3.05) is 6.54 Å². The molecule has 18 heavy (non-hydrogen) atoms. The minimum Gasteiger partial charge on any atom is -0.548 e. The van der Waals surface area contributed by atoms with Crippen LogP contribution in [0.25, 0.3) is 0 Å². The van der Waals surface area contributed by atoms with E-state index in [2.05, 4.69) is 0 Å². The van der Waals surface area contributed by atoms with Crippen LogP contribution < -0.4 is 5.11 Å². The van der Waals surface area contributed by atoms with Crippen molar-refractivity contribution in [2.45, 2.75) is 51.2 Å². The monoisotopic (exact) mass is 264 g/mol. The Morgan fingerprint density at radius 1 is 1.33 bits per heavy atom. The van der Waals surface area contributed by atoms with Gasteiger partial charge < -0.3 is 14.6 Å². The molecule has 1 atom stereocenters. The zero-order valence-corrected chi connectivity index (χ0v) is 10.8. The molecule has 1 aliphatic heterocycles. The number of carboxylic acid groups (broad SMARTS) is 1. The summed E-state index contributed by atoms with van der Waals surface area (Å²) in [6.45, 7) is 4.75. The van der Waals surface area contributed by atoms with Crippen LogP contribution in [-0.2, 0) is 9.53 Å². The molecule has 1 fully saturated rings. The number of aliphatic carboxylic acids is 1. The summed E-state index contributed by atoms with van der Waals surface area (Å²) in [6, 6.07) is 0. The Bertz CT molecular complexity index is 378. The Labute approximate surface area is 104 Å². The van der Waals surface area contributed by atoms with E-state index in [0.29, 0.717) is 4.90 Å². The number of amides is 1. The third kappa shape index (κ3) is 2.88. The van der Waals surface area contributed by atoms with Gasteiger partial charge in [-0.2, -0.15) is 0 Å². The second kappa shape index (κ2) is 4.07. The summed E-state index contributed by atoms with van der Waals surface area (Å²) in [4.78, 5) is 23.3. The number of hydrogen-bond acceptors (Lipinski definition) is 4. The van der Waals surface area contributed by atoms with Crippen molar-refractivity contribution in [1.29, 1.82) is 0 Å². The molecule has 0 N–H and O–H groups in total. The molecule has 1 amide bonds. The van der Waals surface area contributed by atoms with Crippen LogP contribution in [0, 0.1) is 0 Å². The van der Waals surface area contributed by atoms with Crippen LogP contribution in [0.15, 0.2) is 0 Å². The maximum atomic E-state index is 13.3. The maximum Gasteiger partial charge on any atom is 0.411 e. The highest BCUT2D eigenvalue weighted by Crippen LogP contribution is 2.39. The van der Waals surface area contributed by atoms with Crippen molar-refractivity contribution >= 4 is 12.1 Å². The molecule has 1 saturated heterocycles. The lowest BCUT2D eigenvalue weighted by Crippen LogP contribution is -2.57. The van der Waals surface area contributed by atoms with Gasteiger partial charge in [-0.15, -0.1) is 0 Å². The average molecular weight is 264 g/mol. The van der Waals surface area contributed by atoms with Gasteiger partial charge in [0, 0.05) is 6.42 Å². The number of halogens is 2. The molecule has 1 rings (SSSR count). The normalized spacial score (nSPS) is 27.1. The van der Waals surface area contributed by atoms with Gasteiger partial charge in [-0.3, -0.25) is 4.90 Å². The van der Waals surface area contributed by atoms with E-state index in [1.54, 1.807) is 20.8 Å². The van der Waals surface area contributed by atoms with E-state index in [4.69, 9.17) is 4.74 Å². The van der Waals surface area contributed by atoms with Crippen LogP contribution in [-0.4, -0.2) is 40.6 Å². The van der Waals surface area contributed by atoms with Gasteiger partial charge in [0.15, 0.2) is 0 Å². The molecule has 0 saturated carbocycles. The molecule has 104 valence electrons. The quantitative estimate of drug-likeness (QED) is 0.701. The lowest BCUT2D eigenvalue weighted by molar-refractivity contribution is -0.317. The number of rotatable bonds is 1. The second-order valence-electron chi connectivity index (χ2n) is 5.66. The zero-order chi connectivity index (χ0) is 14.4.